The number of hydrogen-bond donors (Lipinski definition) is 1. The van der Waals surface area contributed by atoms with E-state index in [1.807, 2.05) is 30.6 Å². The number of aromatic nitrogens is 2. The van der Waals surface area contributed by atoms with Gasteiger partial charge in [0.15, 0.2) is 0 Å². The summed E-state index contributed by atoms with van der Waals surface area (Å²) in [5, 5.41) is 14.4. The third-order valence-corrected chi connectivity index (χ3v) is 4.06. The molecule has 21 heavy (non-hydrogen) atoms. The fourth-order valence-electron chi connectivity index (χ4n) is 3.17. The van der Waals surface area contributed by atoms with Crippen LogP contribution in [-0.2, 0) is 0 Å². The Labute approximate surface area is 122 Å². The summed E-state index contributed by atoms with van der Waals surface area (Å²) in [6, 6.07) is 12.4. The van der Waals surface area contributed by atoms with Crippen molar-refractivity contribution in [2.45, 2.75) is 19.9 Å². The van der Waals surface area contributed by atoms with E-state index in [0.29, 0.717) is 11.8 Å². The standard InChI is InChI=1S/C18H16N2O/c1-11(2)20-17-4-3-14(21)9-16(17)15-7-13-10-19-6-5-12(13)8-18(15)20/h3-11,21H,1-2H3. The minimum absolute atomic E-state index is 0.302. The molecule has 104 valence electrons. The molecular formula is C18H16N2O. The Morgan fingerprint density at radius 3 is 2.57 bits per heavy atom. The maximum Gasteiger partial charge on any atom is 0.116 e. The number of phenolic OH excluding ortho intramolecular Hbond substituents is 1. The molecule has 0 saturated heterocycles. The Morgan fingerprint density at radius 1 is 0.952 bits per heavy atom. The summed E-state index contributed by atoms with van der Waals surface area (Å²) in [6.07, 6.45) is 3.71. The van der Waals surface area contributed by atoms with E-state index in [1.54, 1.807) is 6.07 Å². The van der Waals surface area contributed by atoms with E-state index in [2.05, 4.69) is 35.5 Å². The van der Waals surface area contributed by atoms with Gasteiger partial charge >= 0.3 is 0 Å². The van der Waals surface area contributed by atoms with E-state index in [-0.39, 0.29) is 0 Å². The summed E-state index contributed by atoms with van der Waals surface area (Å²) < 4.78 is 2.32. The first-order valence-electron chi connectivity index (χ1n) is 7.15. The van der Waals surface area contributed by atoms with Crippen molar-refractivity contribution >= 4 is 32.6 Å². The fraction of sp³-hybridized carbons (Fsp3) is 0.167. The zero-order valence-corrected chi connectivity index (χ0v) is 12.0. The molecule has 1 N–H and O–H groups in total. The maximum absolute atomic E-state index is 9.83. The second kappa shape index (κ2) is 4.22. The van der Waals surface area contributed by atoms with Gasteiger partial charge in [-0.1, -0.05) is 0 Å². The monoisotopic (exact) mass is 276 g/mol. The topological polar surface area (TPSA) is 38.0 Å². The molecule has 0 atom stereocenters. The van der Waals surface area contributed by atoms with Gasteiger partial charge in [-0.25, -0.2) is 0 Å². The molecule has 3 nitrogen and oxygen atoms in total. The summed E-state index contributed by atoms with van der Waals surface area (Å²) in [6.45, 7) is 4.37. The van der Waals surface area contributed by atoms with Gasteiger partial charge in [0, 0.05) is 45.6 Å². The lowest BCUT2D eigenvalue weighted by atomic mass is 10.1. The molecular weight excluding hydrogens is 260 g/mol. The van der Waals surface area contributed by atoms with Gasteiger partial charge in [-0.15, -0.1) is 0 Å². The van der Waals surface area contributed by atoms with Gasteiger partial charge in [-0.05, 0) is 55.6 Å². The van der Waals surface area contributed by atoms with Gasteiger partial charge < -0.3 is 9.67 Å². The van der Waals surface area contributed by atoms with Gasteiger partial charge in [-0.3, -0.25) is 4.98 Å². The van der Waals surface area contributed by atoms with Crippen LogP contribution in [0.1, 0.15) is 19.9 Å². The average Bonchev–Trinajstić information content (AvgIpc) is 2.78. The first kappa shape index (κ1) is 12.2. The fourth-order valence-corrected chi connectivity index (χ4v) is 3.17. The zero-order chi connectivity index (χ0) is 14.6. The second-order valence-corrected chi connectivity index (χ2v) is 5.76. The molecule has 0 saturated carbocycles. The summed E-state index contributed by atoms with van der Waals surface area (Å²) in [5.74, 6) is 0.302. The van der Waals surface area contributed by atoms with Crippen LogP contribution in [0.5, 0.6) is 5.75 Å². The second-order valence-electron chi connectivity index (χ2n) is 5.76. The summed E-state index contributed by atoms with van der Waals surface area (Å²) in [5.41, 5.74) is 2.35. The van der Waals surface area contributed by atoms with Gasteiger partial charge in [0.1, 0.15) is 5.75 Å². The molecule has 0 spiro atoms. The minimum atomic E-state index is 0.302. The summed E-state index contributed by atoms with van der Waals surface area (Å²) >= 11 is 0. The summed E-state index contributed by atoms with van der Waals surface area (Å²) in [7, 11) is 0. The molecule has 4 aromatic rings. The Hall–Kier alpha value is -2.55. The quantitative estimate of drug-likeness (QED) is 0.550. The third-order valence-electron chi connectivity index (χ3n) is 4.06. The van der Waals surface area contributed by atoms with Crippen LogP contribution in [0.15, 0.2) is 48.8 Å². The van der Waals surface area contributed by atoms with Crippen LogP contribution in [0.2, 0.25) is 0 Å². The lowest BCUT2D eigenvalue weighted by Gasteiger charge is -2.11. The molecule has 0 aliphatic carbocycles. The van der Waals surface area contributed by atoms with Crippen molar-refractivity contribution in [3.63, 3.8) is 0 Å². The van der Waals surface area contributed by atoms with E-state index < -0.39 is 0 Å². The highest BCUT2D eigenvalue weighted by Gasteiger charge is 2.14. The van der Waals surface area contributed by atoms with Gasteiger partial charge in [0.05, 0.1) is 0 Å². The van der Waals surface area contributed by atoms with Crippen molar-refractivity contribution in [3.8, 4) is 5.75 Å². The van der Waals surface area contributed by atoms with Crippen LogP contribution >= 0.6 is 0 Å². The van der Waals surface area contributed by atoms with Crippen molar-refractivity contribution in [1.29, 1.82) is 0 Å². The highest BCUT2D eigenvalue weighted by molar-refractivity contribution is 6.12. The highest BCUT2D eigenvalue weighted by Crippen LogP contribution is 2.35. The van der Waals surface area contributed by atoms with Crippen LogP contribution in [-0.4, -0.2) is 14.7 Å². The zero-order valence-electron chi connectivity index (χ0n) is 12.0. The number of fused-ring (bicyclic) bond motifs is 4. The molecule has 0 unspecified atom stereocenters. The smallest absolute Gasteiger partial charge is 0.116 e. The van der Waals surface area contributed by atoms with Crippen molar-refractivity contribution in [3.05, 3.63) is 48.8 Å². The van der Waals surface area contributed by atoms with Gasteiger partial charge in [0.2, 0.25) is 0 Å². The first-order chi connectivity index (χ1) is 10.1. The molecule has 0 amide bonds. The highest BCUT2D eigenvalue weighted by atomic mass is 16.3. The molecule has 2 aromatic heterocycles. The molecule has 0 radical (unpaired) electrons. The van der Waals surface area contributed by atoms with Crippen LogP contribution in [0.3, 0.4) is 0 Å². The van der Waals surface area contributed by atoms with Crippen molar-refractivity contribution in [1.82, 2.24) is 9.55 Å². The van der Waals surface area contributed by atoms with Crippen LogP contribution < -0.4 is 0 Å². The molecule has 2 heterocycles. The number of benzene rings is 2. The molecule has 0 bridgehead atoms. The largest absolute Gasteiger partial charge is 0.508 e. The van der Waals surface area contributed by atoms with Gasteiger partial charge in [0.25, 0.3) is 0 Å². The lowest BCUT2D eigenvalue weighted by molar-refractivity contribution is 0.476. The van der Waals surface area contributed by atoms with E-state index in [4.69, 9.17) is 0 Å². The Kier molecular flexibility index (Phi) is 2.45. The van der Waals surface area contributed by atoms with Crippen LogP contribution in [0, 0.1) is 0 Å². The Morgan fingerprint density at radius 2 is 1.76 bits per heavy atom. The first-order valence-corrected chi connectivity index (χ1v) is 7.15. The average molecular weight is 276 g/mol. The number of nitrogens with zero attached hydrogens (tertiary/aromatic N) is 2. The van der Waals surface area contributed by atoms with E-state index >= 15 is 0 Å². The van der Waals surface area contributed by atoms with Crippen LogP contribution in [0.4, 0.5) is 0 Å². The molecule has 0 aliphatic heterocycles. The lowest BCUT2D eigenvalue weighted by Crippen LogP contribution is -1.99. The van der Waals surface area contributed by atoms with Crippen molar-refractivity contribution in [2.75, 3.05) is 0 Å². The maximum atomic E-state index is 9.83. The number of pyridine rings is 1. The Bertz CT molecular complexity index is 983. The number of aromatic hydroxyl groups is 1. The number of hydrogen-bond acceptors (Lipinski definition) is 2. The predicted octanol–water partition coefficient (Wildman–Crippen LogP) is 4.63. The summed E-state index contributed by atoms with van der Waals surface area (Å²) in [4.78, 5) is 4.20. The van der Waals surface area contributed by atoms with Crippen molar-refractivity contribution in [2.24, 2.45) is 0 Å². The van der Waals surface area contributed by atoms with E-state index in [1.165, 1.54) is 10.9 Å². The molecule has 0 fully saturated rings. The van der Waals surface area contributed by atoms with E-state index in [0.717, 1.165) is 21.7 Å². The number of rotatable bonds is 1. The third kappa shape index (κ3) is 1.70. The molecule has 4 rings (SSSR count). The normalized spacial score (nSPS) is 12.0. The Balaban J connectivity index is 2.28. The SMILES string of the molecule is CC(C)n1c2ccc(O)cc2c2cc3cnccc3cc21. The minimum Gasteiger partial charge on any atom is -0.508 e. The molecule has 3 heteroatoms. The predicted molar refractivity (Wildman–Crippen MR) is 86.8 cm³/mol. The molecule has 2 aromatic carbocycles. The van der Waals surface area contributed by atoms with Crippen molar-refractivity contribution < 1.29 is 5.11 Å². The number of phenols is 1. The van der Waals surface area contributed by atoms with Gasteiger partial charge in [-0.2, -0.15) is 0 Å². The van der Waals surface area contributed by atoms with E-state index in [9.17, 15) is 5.11 Å². The molecule has 0 aliphatic rings. The van der Waals surface area contributed by atoms with Crippen LogP contribution in [0.25, 0.3) is 32.6 Å².